The normalized spacial score (nSPS) is 9.50. The van der Waals surface area contributed by atoms with Gasteiger partial charge in [-0.15, -0.1) is 0 Å². The molecule has 0 aromatic carbocycles. The maximum Gasteiger partial charge on any atom is 0.237 e. The smallest absolute Gasteiger partial charge is 0.237 e. The van der Waals surface area contributed by atoms with Gasteiger partial charge in [-0.25, -0.2) is 15.8 Å². The van der Waals surface area contributed by atoms with Gasteiger partial charge in [-0.1, -0.05) is 0 Å². The molecule has 4 nitrogen and oxygen atoms in total. The zero-order chi connectivity index (χ0) is 7.56. The van der Waals surface area contributed by atoms with E-state index in [4.69, 9.17) is 5.84 Å². The number of nitrogens with zero attached hydrogens (tertiary/aromatic N) is 2. The van der Waals surface area contributed by atoms with E-state index in [2.05, 4.69) is 21.5 Å². The third-order valence-corrected chi connectivity index (χ3v) is 1.04. The summed E-state index contributed by atoms with van der Waals surface area (Å²) in [6.07, 6.45) is 0. The Hall–Kier alpha value is -1.16. The molecule has 1 radical (unpaired) electrons. The minimum absolute atomic E-state index is 0.439. The Morgan fingerprint density at radius 3 is 2.20 bits per heavy atom. The predicted octanol–water partition coefficient (Wildman–Crippen LogP) is 0.179. The number of nitrogens with one attached hydrogen (secondary N) is 1. The van der Waals surface area contributed by atoms with E-state index < -0.39 is 0 Å². The molecule has 0 amide bonds. The van der Waals surface area contributed by atoms with Gasteiger partial charge in [0.25, 0.3) is 0 Å². The van der Waals surface area contributed by atoms with Crippen LogP contribution in [0.4, 0.5) is 5.95 Å². The lowest BCUT2D eigenvalue weighted by molar-refractivity contribution is 1.03. The van der Waals surface area contributed by atoms with E-state index in [1.165, 1.54) is 0 Å². The van der Waals surface area contributed by atoms with E-state index >= 15 is 0 Å². The van der Waals surface area contributed by atoms with Crippen molar-refractivity contribution in [2.24, 2.45) is 5.84 Å². The molecule has 0 unspecified atom stereocenters. The lowest BCUT2D eigenvalue weighted by Gasteiger charge is -1.99. The zero-order valence-corrected chi connectivity index (χ0v) is 5.97. The van der Waals surface area contributed by atoms with Gasteiger partial charge < -0.3 is 0 Å². The van der Waals surface area contributed by atoms with Gasteiger partial charge in [-0.3, -0.25) is 5.43 Å². The van der Waals surface area contributed by atoms with Crippen molar-refractivity contribution in [3.63, 3.8) is 0 Å². The maximum atomic E-state index is 5.10. The quantitative estimate of drug-likeness (QED) is 0.428. The summed E-state index contributed by atoms with van der Waals surface area (Å²) in [6.45, 7) is 3.69. The van der Waals surface area contributed by atoms with Crippen LogP contribution in [0.2, 0.25) is 0 Å². The Morgan fingerprint density at radius 2 is 1.80 bits per heavy atom. The lowest BCUT2D eigenvalue weighted by atomic mass is 10.4. The Balaban J connectivity index is 3.06. The molecule has 3 N–H and O–H groups in total. The molecule has 0 bridgehead atoms. The van der Waals surface area contributed by atoms with Crippen LogP contribution in [-0.4, -0.2) is 9.97 Å². The fourth-order valence-electron chi connectivity index (χ4n) is 0.725. The van der Waals surface area contributed by atoms with Crippen molar-refractivity contribution in [3.8, 4) is 0 Å². The van der Waals surface area contributed by atoms with E-state index in [0.29, 0.717) is 5.95 Å². The maximum absolute atomic E-state index is 5.10. The third kappa shape index (κ3) is 1.41. The van der Waals surface area contributed by atoms with Crippen LogP contribution in [0.3, 0.4) is 0 Å². The highest BCUT2D eigenvalue weighted by atomic mass is 15.3. The molecule has 0 aliphatic rings. The van der Waals surface area contributed by atoms with Crippen LogP contribution in [0, 0.1) is 19.9 Å². The Morgan fingerprint density at radius 1 is 1.30 bits per heavy atom. The first-order chi connectivity index (χ1) is 4.72. The second kappa shape index (κ2) is 2.62. The molecule has 1 heterocycles. The second-order valence-electron chi connectivity index (χ2n) is 1.99. The number of hydrogen-bond acceptors (Lipinski definition) is 4. The molecular weight excluding hydrogens is 128 g/mol. The van der Waals surface area contributed by atoms with Gasteiger partial charge in [0.05, 0.1) is 11.4 Å². The molecule has 1 aromatic rings. The number of anilines is 1. The zero-order valence-electron chi connectivity index (χ0n) is 5.97. The monoisotopic (exact) mass is 137 g/mol. The topological polar surface area (TPSA) is 63.8 Å². The van der Waals surface area contributed by atoms with Gasteiger partial charge in [-0.2, -0.15) is 0 Å². The van der Waals surface area contributed by atoms with Gasteiger partial charge in [-0.05, 0) is 13.8 Å². The van der Waals surface area contributed by atoms with E-state index in [-0.39, 0.29) is 0 Å². The third-order valence-electron chi connectivity index (χ3n) is 1.04. The van der Waals surface area contributed by atoms with Crippen LogP contribution >= 0.6 is 0 Å². The first-order valence-electron chi connectivity index (χ1n) is 2.93. The molecule has 0 spiro atoms. The van der Waals surface area contributed by atoms with Crippen molar-refractivity contribution in [3.05, 3.63) is 17.5 Å². The number of nitrogen functional groups attached to an aromatic ring is 1. The minimum atomic E-state index is 0.439. The minimum Gasteiger partial charge on any atom is -0.292 e. The van der Waals surface area contributed by atoms with Crippen LogP contribution < -0.4 is 11.3 Å². The molecular formula is C6H9N4. The van der Waals surface area contributed by atoms with Gasteiger partial charge in [0.15, 0.2) is 0 Å². The molecule has 53 valence electrons. The SMILES string of the molecule is Cc1[c]c(C)nc(NN)n1. The summed E-state index contributed by atoms with van der Waals surface area (Å²) in [5.74, 6) is 5.54. The standard InChI is InChI=1S/C6H9N4/c1-4-3-5(2)9-6(8-4)10-7/h7H2,1-2H3,(H,8,9,10). The molecule has 0 saturated heterocycles. The van der Waals surface area contributed by atoms with Gasteiger partial charge in [0.1, 0.15) is 0 Å². The number of nitrogens with two attached hydrogens (primary N) is 1. The first-order valence-corrected chi connectivity index (χ1v) is 2.93. The highest BCUT2D eigenvalue weighted by Crippen LogP contribution is 1.99. The summed E-state index contributed by atoms with van der Waals surface area (Å²) in [7, 11) is 0. The number of rotatable bonds is 1. The van der Waals surface area contributed by atoms with Crippen LogP contribution in [0.5, 0.6) is 0 Å². The van der Waals surface area contributed by atoms with Gasteiger partial charge >= 0.3 is 0 Å². The largest absolute Gasteiger partial charge is 0.292 e. The number of hydrazine groups is 1. The first kappa shape index (κ1) is 6.95. The summed E-state index contributed by atoms with van der Waals surface area (Å²) in [6, 6.07) is 2.93. The van der Waals surface area contributed by atoms with Crippen LogP contribution in [-0.2, 0) is 0 Å². The summed E-state index contributed by atoms with van der Waals surface area (Å²) in [5.41, 5.74) is 3.95. The molecule has 0 saturated carbocycles. The van der Waals surface area contributed by atoms with Crippen molar-refractivity contribution >= 4 is 5.95 Å². The van der Waals surface area contributed by atoms with Gasteiger partial charge in [0.2, 0.25) is 5.95 Å². The molecule has 1 aromatic heterocycles. The molecule has 1 rings (SSSR count). The Labute approximate surface area is 59.5 Å². The number of hydrogen-bond donors (Lipinski definition) is 2. The Bertz CT molecular complexity index is 213. The molecule has 10 heavy (non-hydrogen) atoms. The summed E-state index contributed by atoms with van der Waals surface area (Å²) < 4.78 is 0. The van der Waals surface area contributed by atoms with Crippen molar-refractivity contribution < 1.29 is 0 Å². The second-order valence-corrected chi connectivity index (χ2v) is 1.99. The molecule has 0 atom stereocenters. The highest BCUT2D eigenvalue weighted by Gasteiger charge is 1.94. The Kier molecular flexibility index (Phi) is 1.82. The average Bonchev–Trinajstić information content (AvgIpc) is 1.85. The average molecular weight is 137 g/mol. The number of aromatic nitrogens is 2. The van der Waals surface area contributed by atoms with Gasteiger partial charge in [0, 0.05) is 6.07 Å². The van der Waals surface area contributed by atoms with Crippen molar-refractivity contribution in [1.29, 1.82) is 0 Å². The fourth-order valence-corrected chi connectivity index (χ4v) is 0.725. The molecule has 0 fully saturated rings. The molecule has 0 aliphatic carbocycles. The van der Waals surface area contributed by atoms with Crippen LogP contribution in [0.15, 0.2) is 0 Å². The predicted molar refractivity (Wildman–Crippen MR) is 38.2 cm³/mol. The number of aryl methyl sites for hydroxylation is 2. The summed E-state index contributed by atoms with van der Waals surface area (Å²) in [4.78, 5) is 7.90. The molecule has 0 aliphatic heterocycles. The van der Waals surface area contributed by atoms with E-state index in [9.17, 15) is 0 Å². The van der Waals surface area contributed by atoms with Crippen molar-refractivity contribution in [2.45, 2.75) is 13.8 Å². The summed E-state index contributed by atoms with van der Waals surface area (Å²) in [5, 5.41) is 0. The van der Waals surface area contributed by atoms with E-state index in [0.717, 1.165) is 11.4 Å². The molecule has 4 heteroatoms. The van der Waals surface area contributed by atoms with Crippen molar-refractivity contribution in [2.75, 3.05) is 5.43 Å². The van der Waals surface area contributed by atoms with E-state index in [1.807, 2.05) is 13.8 Å². The van der Waals surface area contributed by atoms with Crippen molar-refractivity contribution in [1.82, 2.24) is 9.97 Å². The van der Waals surface area contributed by atoms with Crippen LogP contribution in [0.1, 0.15) is 11.4 Å². The highest BCUT2D eigenvalue weighted by molar-refractivity contribution is 5.24. The fraction of sp³-hybridized carbons (Fsp3) is 0.333. The van der Waals surface area contributed by atoms with Crippen LogP contribution in [0.25, 0.3) is 0 Å². The lowest BCUT2D eigenvalue weighted by Crippen LogP contribution is -2.11. The summed E-state index contributed by atoms with van der Waals surface area (Å²) >= 11 is 0. The van der Waals surface area contributed by atoms with E-state index in [1.54, 1.807) is 0 Å².